The van der Waals surface area contributed by atoms with Gasteiger partial charge in [0.05, 0.1) is 19.2 Å². The Bertz CT molecular complexity index is 732. The van der Waals surface area contributed by atoms with Gasteiger partial charge in [0, 0.05) is 36.0 Å². The Morgan fingerprint density at radius 1 is 1.22 bits per heavy atom. The van der Waals surface area contributed by atoms with Crippen LogP contribution in [0, 0.1) is 5.92 Å². The number of hydrogen-bond donors (Lipinski definition) is 2. The molecule has 0 radical (unpaired) electrons. The van der Waals surface area contributed by atoms with Crippen molar-refractivity contribution < 1.29 is 9.53 Å². The van der Waals surface area contributed by atoms with Crippen molar-refractivity contribution in [2.75, 3.05) is 12.4 Å². The lowest BCUT2D eigenvalue weighted by Crippen LogP contribution is -2.45. The van der Waals surface area contributed by atoms with E-state index in [0.717, 1.165) is 29.0 Å². The van der Waals surface area contributed by atoms with Crippen LogP contribution >= 0.6 is 0 Å². The number of pyridine rings is 1. The SMILES string of the molecule is COc1ccc2c(c1)[C@H]1NC(=O)CC[C@H]1[C@H](c1cccnc1)N2. The van der Waals surface area contributed by atoms with Crippen LogP contribution in [0.5, 0.6) is 5.75 Å². The Kier molecular flexibility index (Phi) is 3.41. The zero-order chi connectivity index (χ0) is 15.8. The van der Waals surface area contributed by atoms with Gasteiger partial charge >= 0.3 is 0 Å². The molecule has 1 aromatic heterocycles. The maximum absolute atomic E-state index is 12.0. The summed E-state index contributed by atoms with van der Waals surface area (Å²) in [6.45, 7) is 0. The molecule has 5 nitrogen and oxygen atoms in total. The molecule has 0 spiro atoms. The van der Waals surface area contributed by atoms with Crippen LogP contribution in [0.1, 0.15) is 36.1 Å². The number of piperidine rings is 1. The van der Waals surface area contributed by atoms with Crippen molar-refractivity contribution in [2.45, 2.75) is 24.9 Å². The summed E-state index contributed by atoms with van der Waals surface area (Å²) in [5.41, 5.74) is 3.30. The first-order chi connectivity index (χ1) is 11.3. The molecular weight excluding hydrogens is 290 g/mol. The summed E-state index contributed by atoms with van der Waals surface area (Å²) in [6, 6.07) is 10.2. The first-order valence-electron chi connectivity index (χ1n) is 7.90. The van der Waals surface area contributed by atoms with Crippen molar-refractivity contribution in [3.05, 3.63) is 53.9 Å². The quantitative estimate of drug-likeness (QED) is 0.895. The maximum atomic E-state index is 12.0. The average molecular weight is 309 g/mol. The lowest BCUT2D eigenvalue weighted by molar-refractivity contribution is -0.124. The van der Waals surface area contributed by atoms with Gasteiger partial charge in [0.1, 0.15) is 5.75 Å². The number of benzene rings is 1. The minimum absolute atomic E-state index is 0.00723. The average Bonchev–Trinajstić information content (AvgIpc) is 2.61. The maximum Gasteiger partial charge on any atom is 0.220 e. The number of fused-ring (bicyclic) bond motifs is 3. The third kappa shape index (κ3) is 2.42. The molecule has 1 saturated heterocycles. The van der Waals surface area contributed by atoms with Gasteiger partial charge in [-0.05, 0) is 36.2 Å². The fourth-order valence-electron chi connectivity index (χ4n) is 3.71. The van der Waals surface area contributed by atoms with E-state index in [-0.39, 0.29) is 18.0 Å². The van der Waals surface area contributed by atoms with Crippen LogP contribution < -0.4 is 15.4 Å². The van der Waals surface area contributed by atoms with E-state index in [1.807, 2.05) is 30.5 Å². The van der Waals surface area contributed by atoms with E-state index in [4.69, 9.17) is 4.74 Å². The summed E-state index contributed by atoms with van der Waals surface area (Å²) < 4.78 is 5.35. The molecule has 2 aromatic rings. The van der Waals surface area contributed by atoms with E-state index < -0.39 is 0 Å². The number of carbonyl (C=O) groups is 1. The van der Waals surface area contributed by atoms with E-state index in [1.165, 1.54) is 0 Å². The first-order valence-corrected chi connectivity index (χ1v) is 7.90. The number of anilines is 1. The largest absolute Gasteiger partial charge is 0.497 e. The molecule has 1 fully saturated rings. The normalized spacial score (nSPS) is 25.6. The van der Waals surface area contributed by atoms with E-state index in [9.17, 15) is 4.79 Å². The van der Waals surface area contributed by atoms with Crippen LogP contribution in [-0.4, -0.2) is 18.0 Å². The van der Waals surface area contributed by atoms with Gasteiger partial charge in [-0.15, -0.1) is 0 Å². The number of aromatic nitrogens is 1. The molecule has 2 N–H and O–H groups in total. The number of methoxy groups -OCH3 is 1. The smallest absolute Gasteiger partial charge is 0.220 e. The first kappa shape index (κ1) is 14.1. The minimum atomic E-state index is 0.00723. The van der Waals surface area contributed by atoms with Gasteiger partial charge in [-0.2, -0.15) is 0 Å². The number of carbonyl (C=O) groups excluding carboxylic acids is 1. The lowest BCUT2D eigenvalue weighted by atomic mass is 9.75. The summed E-state index contributed by atoms with van der Waals surface area (Å²) in [4.78, 5) is 16.2. The monoisotopic (exact) mass is 309 g/mol. The fourth-order valence-corrected chi connectivity index (χ4v) is 3.71. The van der Waals surface area contributed by atoms with Gasteiger partial charge in [-0.3, -0.25) is 9.78 Å². The van der Waals surface area contributed by atoms with Crippen LogP contribution in [-0.2, 0) is 4.79 Å². The van der Waals surface area contributed by atoms with Crippen LogP contribution in [0.25, 0.3) is 0 Å². The molecule has 4 rings (SSSR count). The van der Waals surface area contributed by atoms with Crippen LogP contribution in [0.15, 0.2) is 42.7 Å². The highest BCUT2D eigenvalue weighted by atomic mass is 16.5. The molecule has 23 heavy (non-hydrogen) atoms. The highest BCUT2D eigenvalue weighted by Gasteiger charge is 2.41. The third-order valence-corrected chi connectivity index (χ3v) is 4.83. The van der Waals surface area contributed by atoms with Crippen molar-refractivity contribution in [2.24, 2.45) is 5.92 Å². The Balaban J connectivity index is 1.79. The zero-order valence-electron chi connectivity index (χ0n) is 13.0. The predicted molar refractivity (Wildman–Crippen MR) is 87.2 cm³/mol. The van der Waals surface area contributed by atoms with Gasteiger partial charge in [-0.25, -0.2) is 0 Å². The molecule has 0 aliphatic carbocycles. The number of ether oxygens (including phenoxy) is 1. The topological polar surface area (TPSA) is 63.2 Å². The van der Waals surface area contributed by atoms with Crippen molar-refractivity contribution in [1.29, 1.82) is 0 Å². The van der Waals surface area contributed by atoms with Gasteiger partial charge in [0.2, 0.25) is 5.91 Å². The second-order valence-electron chi connectivity index (χ2n) is 6.11. The van der Waals surface area contributed by atoms with Crippen molar-refractivity contribution >= 4 is 11.6 Å². The Morgan fingerprint density at radius 3 is 2.91 bits per heavy atom. The predicted octanol–water partition coefficient (Wildman–Crippen LogP) is 2.82. The van der Waals surface area contributed by atoms with E-state index in [0.29, 0.717) is 12.3 Å². The summed E-state index contributed by atoms with van der Waals surface area (Å²) in [5, 5.41) is 6.80. The van der Waals surface area contributed by atoms with Crippen LogP contribution in [0.3, 0.4) is 0 Å². The second-order valence-corrected chi connectivity index (χ2v) is 6.11. The van der Waals surface area contributed by atoms with Crippen LogP contribution in [0.4, 0.5) is 5.69 Å². The molecule has 2 aliphatic heterocycles. The number of hydrogen-bond acceptors (Lipinski definition) is 4. The van der Waals surface area contributed by atoms with Gasteiger partial charge in [0.25, 0.3) is 0 Å². The Hall–Kier alpha value is -2.56. The minimum Gasteiger partial charge on any atom is -0.497 e. The molecule has 3 heterocycles. The second kappa shape index (κ2) is 5.57. The molecular formula is C18H19N3O2. The number of rotatable bonds is 2. The standard InChI is InChI=1S/C18H19N3O2/c1-23-12-4-6-15-14(9-12)18-13(5-7-16(22)21-18)17(20-15)11-3-2-8-19-10-11/h2-4,6,8-10,13,17-18,20H,5,7H2,1H3,(H,21,22)/t13-,17-,18-/m0/s1. The molecule has 1 aromatic carbocycles. The molecule has 0 unspecified atom stereocenters. The Morgan fingerprint density at radius 2 is 2.13 bits per heavy atom. The summed E-state index contributed by atoms with van der Waals surface area (Å²) in [7, 11) is 1.66. The van der Waals surface area contributed by atoms with Gasteiger partial charge in [-0.1, -0.05) is 6.07 Å². The van der Waals surface area contributed by atoms with Crippen molar-refractivity contribution in [3.8, 4) is 5.75 Å². The fraction of sp³-hybridized carbons (Fsp3) is 0.333. The summed E-state index contributed by atoms with van der Waals surface area (Å²) in [5.74, 6) is 1.23. The highest BCUT2D eigenvalue weighted by molar-refractivity contribution is 5.78. The lowest BCUT2D eigenvalue weighted by Gasteiger charge is -2.43. The van der Waals surface area contributed by atoms with Crippen LogP contribution in [0.2, 0.25) is 0 Å². The molecule has 5 heteroatoms. The summed E-state index contributed by atoms with van der Waals surface area (Å²) in [6.07, 6.45) is 5.11. The zero-order valence-corrected chi connectivity index (χ0v) is 13.0. The van der Waals surface area contributed by atoms with Gasteiger partial charge in [0.15, 0.2) is 0 Å². The number of nitrogens with zero attached hydrogens (tertiary/aromatic N) is 1. The van der Waals surface area contributed by atoms with Crippen molar-refractivity contribution in [1.82, 2.24) is 10.3 Å². The molecule has 118 valence electrons. The van der Waals surface area contributed by atoms with E-state index in [2.05, 4.69) is 21.7 Å². The molecule has 1 amide bonds. The molecule has 2 aliphatic rings. The summed E-state index contributed by atoms with van der Waals surface area (Å²) >= 11 is 0. The van der Waals surface area contributed by atoms with E-state index >= 15 is 0 Å². The Labute approximate surface area is 135 Å². The van der Waals surface area contributed by atoms with E-state index in [1.54, 1.807) is 13.3 Å². The van der Waals surface area contributed by atoms with Gasteiger partial charge < -0.3 is 15.4 Å². The molecule has 0 saturated carbocycles. The highest BCUT2D eigenvalue weighted by Crippen LogP contribution is 2.47. The number of amides is 1. The van der Waals surface area contributed by atoms with Crippen molar-refractivity contribution in [3.63, 3.8) is 0 Å². The molecule has 3 atom stereocenters. The molecule has 0 bridgehead atoms. The third-order valence-electron chi connectivity index (χ3n) is 4.83. The number of nitrogens with one attached hydrogen (secondary N) is 2.